The SMILES string of the molecule is CCOC(=O)Nc1nc2scc(-c3ccc(OC)cc3)n2n1. The summed E-state index contributed by atoms with van der Waals surface area (Å²) in [6, 6.07) is 7.65. The number of benzene rings is 1. The normalized spacial score (nSPS) is 10.6. The van der Waals surface area contributed by atoms with E-state index in [0.29, 0.717) is 11.6 Å². The number of anilines is 1. The van der Waals surface area contributed by atoms with E-state index in [1.54, 1.807) is 18.5 Å². The topological polar surface area (TPSA) is 77.8 Å². The van der Waals surface area contributed by atoms with Gasteiger partial charge in [-0.3, -0.25) is 5.32 Å². The van der Waals surface area contributed by atoms with Gasteiger partial charge in [-0.15, -0.1) is 16.4 Å². The minimum absolute atomic E-state index is 0.222. The number of carbonyl (C=O) groups excluding carboxylic acids is 1. The van der Waals surface area contributed by atoms with E-state index in [2.05, 4.69) is 15.4 Å². The Bertz CT molecular complexity index is 794. The molecular weight excluding hydrogens is 304 g/mol. The van der Waals surface area contributed by atoms with Crippen LogP contribution in [0.1, 0.15) is 6.92 Å². The van der Waals surface area contributed by atoms with Crippen LogP contribution in [0.15, 0.2) is 29.6 Å². The van der Waals surface area contributed by atoms with Crippen LogP contribution in [-0.2, 0) is 4.74 Å². The van der Waals surface area contributed by atoms with Crippen LogP contribution in [0, 0.1) is 0 Å². The van der Waals surface area contributed by atoms with Crippen molar-refractivity contribution >= 4 is 28.3 Å². The molecule has 0 saturated carbocycles. The molecule has 0 aliphatic heterocycles. The first-order valence-electron chi connectivity index (χ1n) is 6.63. The van der Waals surface area contributed by atoms with Gasteiger partial charge in [0.25, 0.3) is 5.95 Å². The molecule has 0 aliphatic carbocycles. The zero-order chi connectivity index (χ0) is 15.5. The Morgan fingerprint density at radius 2 is 2.14 bits per heavy atom. The number of ether oxygens (including phenoxy) is 2. The molecule has 3 rings (SSSR count). The second kappa shape index (κ2) is 6.02. The largest absolute Gasteiger partial charge is 0.497 e. The number of aromatic nitrogens is 3. The van der Waals surface area contributed by atoms with Crippen LogP contribution in [-0.4, -0.2) is 34.4 Å². The lowest BCUT2D eigenvalue weighted by molar-refractivity contribution is 0.167. The number of carbonyl (C=O) groups is 1. The molecule has 7 nitrogen and oxygen atoms in total. The summed E-state index contributed by atoms with van der Waals surface area (Å²) >= 11 is 1.45. The van der Waals surface area contributed by atoms with Gasteiger partial charge in [-0.1, -0.05) is 0 Å². The van der Waals surface area contributed by atoms with Crippen molar-refractivity contribution < 1.29 is 14.3 Å². The lowest BCUT2D eigenvalue weighted by Crippen LogP contribution is -2.14. The first kappa shape index (κ1) is 14.3. The summed E-state index contributed by atoms with van der Waals surface area (Å²) in [5.74, 6) is 1.01. The van der Waals surface area contributed by atoms with Crippen molar-refractivity contribution in [2.45, 2.75) is 6.92 Å². The fourth-order valence-electron chi connectivity index (χ4n) is 1.95. The van der Waals surface area contributed by atoms with Gasteiger partial charge in [-0.2, -0.15) is 4.98 Å². The molecule has 8 heteroatoms. The van der Waals surface area contributed by atoms with Crippen LogP contribution < -0.4 is 10.1 Å². The van der Waals surface area contributed by atoms with Gasteiger partial charge in [0.15, 0.2) is 0 Å². The van der Waals surface area contributed by atoms with E-state index in [1.165, 1.54) is 11.3 Å². The van der Waals surface area contributed by atoms with Gasteiger partial charge in [0.05, 0.1) is 19.4 Å². The van der Waals surface area contributed by atoms with Crippen LogP contribution in [0.2, 0.25) is 0 Å². The van der Waals surface area contributed by atoms with Crippen molar-refractivity contribution in [3.05, 3.63) is 29.6 Å². The van der Waals surface area contributed by atoms with E-state index in [0.717, 1.165) is 17.0 Å². The summed E-state index contributed by atoms with van der Waals surface area (Å²) < 4.78 is 11.6. The molecule has 0 radical (unpaired) electrons. The number of nitrogens with zero attached hydrogens (tertiary/aromatic N) is 3. The highest BCUT2D eigenvalue weighted by atomic mass is 32.1. The van der Waals surface area contributed by atoms with Crippen LogP contribution in [0.5, 0.6) is 5.75 Å². The molecule has 22 heavy (non-hydrogen) atoms. The molecule has 0 spiro atoms. The molecule has 0 atom stereocenters. The highest BCUT2D eigenvalue weighted by molar-refractivity contribution is 7.15. The fourth-order valence-corrected chi connectivity index (χ4v) is 2.78. The Kier molecular flexibility index (Phi) is 3.92. The second-order valence-corrected chi connectivity index (χ2v) is 5.16. The highest BCUT2D eigenvalue weighted by Gasteiger charge is 2.13. The summed E-state index contributed by atoms with van der Waals surface area (Å²) in [4.78, 5) is 16.3. The Morgan fingerprint density at radius 3 is 2.82 bits per heavy atom. The molecule has 2 heterocycles. The molecule has 0 fully saturated rings. The third-order valence-corrected chi connectivity index (χ3v) is 3.77. The first-order valence-corrected chi connectivity index (χ1v) is 7.51. The van der Waals surface area contributed by atoms with Crippen molar-refractivity contribution in [3.63, 3.8) is 0 Å². The monoisotopic (exact) mass is 318 g/mol. The molecule has 0 saturated heterocycles. The standard InChI is InChI=1S/C14H14N4O3S/c1-3-21-14(19)16-12-15-13-18(17-12)11(8-22-13)9-4-6-10(20-2)7-5-9/h4-8H,3H2,1-2H3,(H,16,17,19). The van der Waals surface area contributed by atoms with Gasteiger partial charge < -0.3 is 9.47 Å². The number of thiazole rings is 1. The number of hydrogen-bond acceptors (Lipinski definition) is 6. The maximum atomic E-state index is 11.4. The van der Waals surface area contributed by atoms with Crippen molar-refractivity contribution in [2.75, 3.05) is 19.0 Å². The molecule has 1 aromatic carbocycles. The Morgan fingerprint density at radius 1 is 1.36 bits per heavy atom. The number of rotatable bonds is 4. The van der Waals surface area contributed by atoms with Gasteiger partial charge in [0, 0.05) is 10.9 Å². The summed E-state index contributed by atoms with van der Waals surface area (Å²) in [6.07, 6.45) is -0.563. The van der Waals surface area contributed by atoms with E-state index < -0.39 is 6.09 Å². The van der Waals surface area contributed by atoms with Gasteiger partial charge >= 0.3 is 6.09 Å². The lowest BCUT2D eigenvalue weighted by atomic mass is 10.2. The van der Waals surface area contributed by atoms with Crippen LogP contribution in [0.4, 0.5) is 10.7 Å². The number of methoxy groups -OCH3 is 1. The highest BCUT2D eigenvalue weighted by Crippen LogP contribution is 2.27. The maximum Gasteiger partial charge on any atom is 0.414 e. The van der Waals surface area contributed by atoms with Crippen LogP contribution in [0.3, 0.4) is 0 Å². The van der Waals surface area contributed by atoms with Crippen LogP contribution >= 0.6 is 11.3 Å². The average molecular weight is 318 g/mol. The molecule has 1 amide bonds. The minimum Gasteiger partial charge on any atom is -0.497 e. The second-order valence-electron chi connectivity index (χ2n) is 4.32. The summed E-state index contributed by atoms with van der Waals surface area (Å²) in [5, 5.41) is 8.75. The predicted octanol–water partition coefficient (Wildman–Crippen LogP) is 3.03. The average Bonchev–Trinajstić information content (AvgIpc) is 3.07. The van der Waals surface area contributed by atoms with E-state index >= 15 is 0 Å². The predicted molar refractivity (Wildman–Crippen MR) is 83.5 cm³/mol. The molecule has 114 valence electrons. The van der Waals surface area contributed by atoms with E-state index in [4.69, 9.17) is 9.47 Å². The van der Waals surface area contributed by atoms with Crippen molar-refractivity contribution in [1.82, 2.24) is 14.6 Å². The van der Waals surface area contributed by atoms with Gasteiger partial charge in [-0.25, -0.2) is 9.31 Å². The number of amides is 1. The zero-order valence-electron chi connectivity index (χ0n) is 12.1. The molecular formula is C14H14N4O3S. The smallest absolute Gasteiger partial charge is 0.414 e. The van der Waals surface area contributed by atoms with Crippen molar-refractivity contribution in [3.8, 4) is 17.0 Å². The maximum absolute atomic E-state index is 11.4. The third kappa shape index (κ3) is 2.73. The number of fused-ring (bicyclic) bond motifs is 1. The third-order valence-electron chi connectivity index (χ3n) is 2.96. The first-order chi connectivity index (χ1) is 10.7. The molecule has 0 bridgehead atoms. The van der Waals surface area contributed by atoms with Gasteiger partial charge in [-0.05, 0) is 31.2 Å². The molecule has 0 aliphatic rings. The van der Waals surface area contributed by atoms with E-state index in [9.17, 15) is 4.79 Å². The molecule has 0 unspecified atom stereocenters. The van der Waals surface area contributed by atoms with E-state index in [1.807, 2.05) is 29.6 Å². The molecule has 3 aromatic rings. The minimum atomic E-state index is -0.563. The van der Waals surface area contributed by atoms with Gasteiger partial charge in [0.1, 0.15) is 5.75 Å². The zero-order valence-corrected chi connectivity index (χ0v) is 12.9. The Labute approximate surface area is 130 Å². The summed E-state index contributed by atoms with van der Waals surface area (Å²) in [5.41, 5.74) is 1.88. The molecule has 1 N–H and O–H groups in total. The number of hydrogen-bond donors (Lipinski definition) is 1. The Balaban J connectivity index is 1.90. The summed E-state index contributed by atoms with van der Waals surface area (Å²) in [6.45, 7) is 2.03. The van der Waals surface area contributed by atoms with Gasteiger partial charge in [0.2, 0.25) is 4.96 Å². The fraction of sp³-hybridized carbons (Fsp3) is 0.214. The Hall–Kier alpha value is -2.61. The van der Waals surface area contributed by atoms with Crippen molar-refractivity contribution in [2.24, 2.45) is 0 Å². The van der Waals surface area contributed by atoms with E-state index in [-0.39, 0.29) is 5.95 Å². The van der Waals surface area contributed by atoms with Crippen molar-refractivity contribution in [1.29, 1.82) is 0 Å². The van der Waals surface area contributed by atoms with Crippen LogP contribution in [0.25, 0.3) is 16.2 Å². The quantitative estimate of drug-likeness (QED) is 0.800. The number of nitrogens with one attached hydrogen (secondary N) is 1. The lowest BCUT2D eigenvalue weighted by Gasteiger charge is -2.02. The summed E-state index contributed by atoms with van der Waals surface area (Å²) in [7, 11) is 1.63. The molecule has 2 aromatic heterocycles.